The van der Waals surface area contributed by atoms with Gasteiger partial charge in [0.05, 0.1) is 25.5 Å². The summed E-state index contributed by atoms with van der Waals surface area (Å²) in [5, 5.41) is 4.50. The minimum atomic E-state index is 0.0243. The van der Waals surface area contributed by atoms with Crippen LogP contribution < -0.4 is 9.47 Å². The molecule has 30 heavy (non-hydrogen) atoms. The summed E-state index contributed by atoms with van der Waals surface area (Å²) >= 11 is 0. The molecule has 0 amide bonds. The number of ketones is 1. The minimum absolute atomic E-state index is 0.0243. The zero-order valence-electron chi connectivity index (χ0n) is 16.7. The van der Waals surface area contributed by atoms with Gasteiger partial charge in [-0.25, -0.2) is 9.50 Å². The molecular weight excluding hydrogens is 380 g/mol. The number of carbonyl (C=O) groups excluding carboxylic acids is 1. The Kier molecular flexibility index (Phi) is 4.43. The molecule has 0 spiro atoms. The third-order valence-corrected chi connectivity index (χ3v) is 5.49. The lowest BCUT2D eigenvalue weighted by molar-refractivity contribution is 0.0962. The average Bonchev–Trinajstić information content (AvgIpc) is 3.21. The van der Waals surface area contributed by atoms with Gasteiger partial charge in [0.1, 0.15) is 0 Å². The van der Waals surface area contributed by atoms with Crippen molar-refractivity contribution in [2.45, 2.75) is 18.8 Å². The summed E-state index contributed by atoms with van der Waals surface area (Å²) in [7, 11) is 3.21. The Morgan fingerprint density at radius 3 is 2.53 bits per heavy atom. The Labute approximate surface area is 173 Å². The van der Waals surface area contributed by atoms with Crippen molar-refractivity contribution >= 4 is 11.6 Å². The van der Waals surface area contributed by atoms with Gasteiger partial charge < -0.3 is 9.47 Å². The van der Waals surface area contributed by atoms with Gasteiger partial charge in [0, 0.05) is 18.2 Å². The van der Waals surface area contributed by atoms with Crippen LogP contribution in [0.1, 0.15) is 34.0 Å². The van der Waals surface area contributed by atoms with Gasteiger partial charge in [-0.15, -0.1) is 5.10 Å². The van der Waals surface area contributed by atoms with E-state index < -0.39 is 0 Å². The Morgan fingerprint density at radius 2 is 1.77 bits per heavy atom. The van der Waals surface area contributed by atoms with Crippen molar-refractivity contribution in [2.24, 2.45) is 0 Å². The Hall–Kier alpha value is -3.74. The van der Waals surface area contributed by atoms with Gasteiger partial charge in [-0.3, -0.25) is 4.79 Å². The van der Waals surface area contributed by atoms with E-state index in [2.05, 4.69) is 15.1 Å². The number of Topliss-reactive ketones (excluding diaryl/α,β-unsaturated/α-hetero) is 1. The first-order chi connectivity index (χ1) is 14.7. The number of aromatic nitrogens is 4. The van der Waals surface area contributed by atoms with Crippen LogP contribution in [0, 0.1) is 0 Å². The molecule has 7 nitrogen and oxygen atoms in total. The summed E-state index contributed by atoms with van der Waals surface area (Å²) < 4.78 is 12.3. The highest BCUT2D eigenvalue weighted by molar-refractivity contribution is 5.98. The molecule has 0 aliphatic heterocycles. The molecule has 2 aromatic heterocycles. The third kappa shape index (κ3) is 3.08. The van der Waals surface area contributed by atoms with Gasteiger partial charge in [-0.05, 0) is 30.0 Å². The van der Waals surface area contributed by atoms with E-state index in [1.165, 1.54) is 0 Å². The summed E-state index contributed by atoms with van der Waals surface area (Å²) in [6.07, 6.45) is 2.82. The van der Waals surface area contributed by atoms with Gasteiger partial charge >= 0.3 is 0 Å². The Balaban J connectivity index is 1.52. The molecule has 1 aliphatic rings. The van der Waals surface area contributed by atoms with Crippen LogP contribution in [0.3, 0.4) is 0 Å². The van der Waals surface area contributed by atoms with Crippen molar-refractivity contribution in [1.82, 2.24) is 19.6 Å². The van der Waals surface area contributed by atoms with Crippen LogP contribution >= 0.6 is 0 Å². The van der Waals surface area contributed by atoms with Crippen molar-refractivity contribution in [3.8, 4) is 22.9 Å². The van der Waals surface area contributed by atoms with E-state index in [9.17, 15) is 4.79 Å². The van der Waals surface area contributed by atoms with Crippen molar-refractivity contribution < 1.29 is 14.3 Å². The zero-order valence-corrected chi connectivity index (χ0v) is 16.7. The first kappa shape index (κ1) is 18.3. The quantitative estimate of drug-likeness (QED) is 0.520. The topological polar surface area (TPSA) is 78.6 Å². The smallest absolute Gasteiger partial charge is 0.252 e. The average molecular weight is 400 g/mol. The maximum atomic E-state index is 12.9. The van der Waals surface area contributed by atoms with E-state index in [4.69, 9.17) is 9.47 Å². The normalized spacial score (nSPS) is 15.8. The first-order valence-electron chi connectivity index (χ1n) is 9.73. The summed E-state index contributed by atoms with van der Waals surface area (Å²) in [6.45, 7) is 0. The van der Waals surface area contributed by atoms with Gasteiger partial charge in [0.15, 0.2) is 23.1 Å². The van der Waals surface area contributed by atoms with Crippen LogP contribution in [0.15, 0.2) is 54.7 Å². The molecule has 7 heteroatoms. The predicted octanol–water partition coefficient (Wildman–Crippen LogP) is 3.72. The highest BCUT2D eigenvalue weighted by atomic mass is 16.5. The molecule has 150 valence electrons. The predicted molar refractivity (Wildman–Crippen MR) is 111 cm³/mol. The summed E-state index contributed by atoms with van der Waals surface area (Å²) in [4.78, 5) is 22.1. The van der Waals surface area contributed by atoms with Crippen LogP contribution in [0.5, 0.6) is 11.5 Å². The molecule has 2 heterocycles. The molecule has 0 N–H and O–H groups in total. The maximum Gasteiger partial charge on any atom is 0.252 e. The number of fused-ring (bicyclic) bond motifs is 2. The second kappa shape index (κ2) is 7.26. The standard InChI is InChI=1S/C23H20N4O3/c1-29-20-9-8-15(12-21(20)30-2)16-10-18-17(19(28)11-16)13-27-23(24-18)25-22(26-27)14-6-4-3-5-7-14/h3-9,12-13,16H,10-11H2,1-2H3/t16-/m0/s1. The third-order valence-electron chi connectivity index (χ3n) is 5.49. The van der Waals surface area contributed by atoms with Crippen LogP contribution in [-0.4, -0.2) is 39.6 Å². The number of hydrogen-bond donors (Lipinski definition) is 0. The van der Waals surface area contributed by atoms with E-state index in [1.807, 2.05) is 48.5 Å². The molecule has 0 unspecified atom stereocenters. The molecule has 0 radical (unpaired) electrons. The molecule has 0 saturated heterocycles. The van der Waals surface area contributed by atoms with Crippen molar-refractivity contribution in [3.05, 3.63) is 71.5 Å². The van der Waals surface area contributed by atoms with E-state index >= 15 is 0 Å². The monoisotopic (exact) mass is 400 g/mol. The highest BCUT2D eigenvalue weighted by Gasteiger charge is 2.29. The molecule has 4 aromatic rings. The van der Waals surface area contributed by atoms with Gasteiger partial charge in [-0.1, -0.05) is 36.4 Å². The lowest BCUT2D eigenvalue weighted by Gasteiger charge is -2.23. The number of benzene rings is 2. The minimum Gasteiger partial charge on any atom is -0.493 e. The van der Waals surface area contributed by atoms with Gasteiger partial charge in [0.25, 0.3) is 5.78 Å². The molecule has 2 aromatic carbocycles. The fourth-order valence-electron chi connectivity index (χ4n) is 3.94. The molecule has 0 bridgehead atoms. The first-order valence-corrected chi connectivity index (χ1v) is 9.73. The SMILES string of the molecule is COc1ccc([C@@H]2CC(=O)c3cn4nc(-c5ccccc5)nc4nc3C2)cc1OC. The van der Waals surface area contributed by atoms with Crippen LogP contribution in [0.2, 0.25) is 0 Å². The second-order valence-corrected chi connectivity index (χ2v) is 7.29. The van der Waals surface area contributed by atoms with Crippen LogP contribution in [-0.2, 0) is 6.42 Å². The largest absolute Gasteiger partial charge is 0.493 e. The lowest BCUT2D eigenvalue weighted by Crippen LogP contribution is -2.21. The van der Waals surface area contributed by atoms with Crippen molar-refractivity contribution in [2.75, 3.05) is 14.2 Å². The van der Waals surface area contributed by atoms with Crippen LogP contribution in [0.25, 0.3) is 17.2 Å². The Bertz CT molecular complexity index is 1250. The summed E-state index contributed by atoms with van der Waals surface area (Å²) in [5.41, 5.74) is 3.31. The highest BCUT2D eigenvalue weighted by Crippen LogP contribution is 2.36. The molecule has 5 rings (SSSR count). The maximum absolute atomic E-state index is 12.9. The van der Waals surface area contributed by atoms with E-state index in [-0.39, 0.29) is 11.7 Å². The number of hydrogen-bond acceptors (Lipinski definition) is 6. The number of rotatable bonds is 4. The fraction of sp³-hybridized carbons (Fsp3) is 0.217. The van der Waals surface area contributed by atoms with Gasteiger partial charge in [-0.2, -0.15) is 4.98 Å². The van der Waals surface area contributed by atoms with E-state index in [1.54, 1.807) is 24.9 Å². The molecule has 1 atom stereocenters. The molecule has 1 aliphatic carbocycles. The molecule has 0 fully saturated rings. The number of nitrogens with zero attached hydrogens (tertiary/aromatic N) is 4. The number of carbonyl (C=O) groups is 1. The summed E-state index contributed by atoms with van der Waals surface area (Å²) in [6, 6.07) is 15.5. The molecular formula is C23H20N4O3. The van der Waals surface area contributed by atoms with E-state index in [0.717, 1.165) is 16.8 Å². The Morgan fingerprint density at radius 1 is 0.967 bits per heavy atom. The van der Waals surface area contributed by atoms with Gasteiger partial charge in [0.2, 0.25) is 0 Å². The number of methoxy groups -OCH3 is 2. The molecule has 0 saturated carbocycles. The van der Waals surface area contributed by atoms with Crippen molar-refractivity contribution in [3.63, 3.8) is 0 Å². The summed E-state index contributed by atoms with van der Waals surface area (Å²) in [5.74, 6) is 2.49. The van der Waals surface area contributed by atoms with Crippen LogP contribution in [0.4, 0.5) is 0 Å². The van der Waals surface area contributed by atoms with Crippen molar-refractivity contribution in [1.29, 1.82) is 0 Å². The second-order valence-electron chi connectivity index (χ2n) is 7.29. The fourth-order valence-corrected chi connectivity index (χ4v) is 3.94. The van der Waals surface area contributed by atoms with E-state index in [0.29, 0.717) is 41.5 Å². The zero-order chi connectivity index (χ0) is 20.7. The lowest BCUT2D eigenvalue weighted by atomic mass is 9.82. The number of ether oxygens (including phenoxy) is 2.